The van der Waals surface area contributed by atoms with Crippen LogP contribution in [0.15, 0.2) is 23.0 Å². The minimum atomic E-state index is -0.673. The molecule has 7 nitrogen and oxygen atoms in total. The first kappa shape index (κ1) is 16.0. The van der Waals surface area contributed by atoms with Crippen molar-refractivity contribution < 1.29 is 9.59 Å². The van der Waals surface area contributed by atoms with E-state index in [0.29, 0.717) is 30.4 Å². The van der Waals surface area contributed by atoms with Gasteiger partial charge in [0.1, 0.15) is 6.04 Å². The van der Waals surface area contributed by atoms with Crippen molar-refractivity contribution in [2.45, 2.75) is 25.3 Å². The molecule has 1 aliphatic rings. The van der Waals surface area contributed by atoms with E-state index in [2.05, 4.69) is 17.2 Å². The number of nitrogens with zero attached hydrogens (tertiary/aromatic N) is 2. The minimum Gasteiger partial charge on any atom is -0.330 e. The van der Waals surface area contributed by atoms with Crippen molar-refractivity contribution >= 4 is 22.8 Å². The Kier molecular flexibility index (Phi) is 4.23. The number of fused-ring (bicyclic) bond motifs is 1. The van der Waals surface area contributed by atoms with Crippen molar-refractivity contribution in [3.8, 4) is 11.8 Å². The number of carbonyl (C=O) groups excluding carboxylic acids is 2. The SMILES string of the molecule is Cn1c(=O)n(C2CCC(=O)NC2=O)c2ccc(C#CCCN)cc21. The molecule has 1 fully saturated rings. The van der Waals surface area contributed by atoms with Crippen molar-refractivity contribution in [3.63, 3.8) is 0 Å². The number of amides is 2. The number of aromatic nitrogens is 2. The number of carbonyl (C=O) groups is 2. The van der Waals surface area contributed by atoms with Crippen LogP contribution in [0.5, 0.6) is 0 Å². The Hall–Kier alpha value is -2.85. The molecule has 1 aliphatic heterocycles. The molecule has 0 bridgehead atoms. The van der Waals surface area contributed by atoms with Gasteiger partial charge in [0.15, 0.2) is 0 Å². The standard InChI is InChI=1S/C17H18N4O3/c1-20-14-10-11(4-2-3-9-18)5-6-12(14)21(17(20)24)13-7-8-15(22)19-16(13)23/h5-6,10,13H,3,7-9,18H2,1H3,(H,19,22,23). The molecule has 2 heterocycles. The van der Waals surface area contributed by atoms with Crippen molar-refractivity contribution in [1.29, 1.82) is 0 Å². The number of nitrogens with two attached hydrogens (primary N) is 1. The summed E-state index contributed by atoms with van der Waals surface area (Å²) in [5, 5.41) is 2.29. The van der Waals surface area contributed by atoms with Crippen LogP contribution >= 0.6 is 0 Å². The molecule has 2 amide bonds. The number of piperidine rings is 1. The lowest BCUT2D eigenvalue weighted by molar-refractivity contribution is -0.135. The molecule has 3 rings (SSSR count). The predicted molar refractivity (Wildman–Crippen MR) is 89.1 cm³/mol. The van der Waals surface area contributed by atoms with Gasteiger partial charge in [-0.2, -0.15) is 0 Å². The second-order valence-electron chi connectivity index (χ2n) is 5.72. The maximum Gasteiger partial charge on any atom is 0.329 e. The van der Waals surface area contributed by atoms with Gasteiger partial charge in [-0.25, -0.2) is 4.79 Å². The molecular weight excluding hydrogens is 308 g/mol. The van der Waals surface area contributed by atoms with E-state index in [-0.39, 0.29) is 18.0 Å². The van der Waals surface area contributed by atoms with Crippen LogP contribution in [-0.4, -0.2) is 27.5 Å². The fourth-order valence-electron chi connectivity index (χ4n) is 2.91. The van der Waals surface area contributed by atoms with Crippen molar-refractivity contribution in [2.24, 2.45) is 12.8 Å². The molecule has 1 atom stereocenters. The third-order valence-corrected chi connectivity index (χ3v) is 4.11. The number of imidazole rings is 1. The first-order valence-corrected chi connectivity index (χ1v) is 7.76. The predicted octanol–water partition coefficient (Wildman–Crippen LogP) is 0.0180. The molecule has 1 aromatic heterocycles. The normalized spacial score (nSPS) is 17.5. The highest BCUT2D eigenvalue weighted by Gasteiger charge is 2.31. The molecule has 0 spiro atoms. The Morgan fingerprint density at radius 2 is 2.08 bits per heavy atom. The molecule has 1 saturated heterocycles. The number of aryl methyl sites for hydroxylation is 1. The average Bonchev–Trinajstić information content (AvgIpc) is 2.80. The molecule has 0 saturated carbocycles. The fraction of sp³-hybridized carbons (Fsp3) is 0.353. The van der Waals surface area contributed by atoms with Gasteiger partial charge in [-0.15, -0.1) is 0 Å². The van der Waals surface area contributed by atoms with Gasteiger partial charge in [0.2, 0.25) is 11.8 Å². The third-order valence-electron chi connectivity index (χ3n) is 4.11. The van der Waals surface area contributed by atoms with Crippen LogP contribution in [0.4, 0.5) is 0 Å². The summed E-state index contributed by atoms with van der Waals surface area (Å²) in [5.74, 6) is 5.23. The average molecular weight is 326 g/mol. The summed E-state index contributed by atoms with van der Waals surface area (Å²) in [5.41, 5.74) is 7.27. The monoisotopic (exact) mass is 326 g/mol. The van der Waals surface area contributed by atoms with Gasteiger partial charge >= 0.3 is 5.69 Å². The second-order valence-corrected chi connectivity index (χ2v) is 5.72. The Balaban J connectivity index is 2.09. The highest BCUT2D eigenvalue weighted by Crippen LogP contribution is 2.23. The topological polar surface area (TPSA) is 99.1 Å². The number of imide groups is 1. The Labute approximate surface area is 138 Å². The number of rotatable bonds is 2. The van der Waals surface area contributed by atoms with Gasteiger partial charge in [0.25, 0.3) is 0 Å². The van der Waals surface area contributed by atoms with Crippen molar-refractivity contribution in [3.05, 3.63) is 34.2 Å². The first-order chi connectivity index (χ1) is 11.5. The quantitative estimate of drug-likeness (QED) is 0.600. The number of benzene rings is 1. The molecule has 3 N–H and O–H groups in total. The van der Waals surface area contributed by atoms with Gasteiger partial charge in [-0.3, -0.25) is 24.0 Å². The Morgan fingerprint density at radius 1 is 1.29 bits per heavy atom. The lowest BCUT2D eigenvalue weighted by Gasteiger charge is -2.21. The van der Waals surface area contributed by atoms with E-state index in [1.807, 2.05) is 12.1 Å². The van der Waals surface area contributed by atoms with Crippen LogP contribution in [-0.2, 0) is 16.6 Å². The molecule has 24 heavy (non-hydrogen) atoms. The van der Waals surface area contributed by atoms with Gasteiger partial charge in [-0.1, -0.05) is 11.8 Å². The van der Waals surface area contributed by atoms with Crippen LogP contribution in [0.3, 0.4) is 0 Å². The number of nitrogens with one attached hydrogen (secondary N) is 1. The van der Waals surface area contributed by atoms with Gasteiger partial charge < -0.3 is 5.73 Å². The molecule has 7 heteroatoms. The summed E-state index contributed by atoms with van der Waals surface area (Å²) < 4.78 is 2.95. The van der Waals surface area contributed by atoms with E-state index >= 15 is 0 Å². The molecule has 124 valence electrons. The highest BCUT2D eigenvalue weighted by atomic mass is 16.2. The molecule has 1 aromatic carbocycles. The van der Waals surface area contributed by atoms with Crippen LogP contribution < -0.4 is 16.7 Å². The minimum absolute atomic E-state index is 0.224. The van der Waals surface area contributed by atoms with Gasteiger partial charge in [0.05, 0.1) is 11.0 Å². The molecule has 0 radical (unpaired) electrons. The zero-order valence-electron chi connectivity index (χ0n) is 13.3. The van der Waals surface area contributed by atoms with Crippen LogP contribution in [0.1, 0.15) is 30.9 Å². The van der Waals surface area contributed by atoms with E-state index in [1.54, 1.807) is 13.1 Å². The van der Waals surface area contributed by atoms with Crippen molar-refractivity contribution in [1.82, 2.24) is 14.5 Å². The zero-order valence-corrected chi connectivity index (χ0v) is 13.3. The molecule has 1 unspecified atom stereocenters. The Morgan fingerprint density at radius 3 is 2.79 bits per heavy atom. The number of hydrogen-bond acceptors (Lipinski definition) is 4. The zero-order chi connectivity index (χ0) is 17.3. The highest BCUT2D eigenvalue weighted by molar-refractivity contribution is 6.00. The van der Waals surface area contributed by atoms with Gasteiger partial charge in [-0.05, 0) is 24.6 Å². The fourth-order valence-corrected chi connectivity index (χ4v) is 2.91. The summed E-state index contributed by atoms with van der Waals surface area (Å²) in [6, 6.07) is 4.75. The molecule has 2 aromatic rings. The lowest BCUT2D eigenvalue weighted by atomic mass is 10.1. The first-order valence-electron chi connectivity index (χ1n) is 7.76. The summed E-state index contributed by atoms with van der Waals surface area (Å²) in [4.78, 5) is 36.0. The second kappa shape index (κ2) is 6.34. The molecular formula is C17H18N4O3. The lowest BCUT2D eigenvalue weighted by Crippen LogP contribution is -2.44. The Bertz CT molecular complexity index is 942. The van der Waals surface area contributed by atoms with E-state index in [4.69, 9.17) is 5.73 Å². The third kappa shape index (κ3) is 2.72. The maximum absolute atomic E-state index is 12.6. The number of hydrogen-bond donors (Lipinski definition) is 2. The summed E-state index contributed by atoms with van der Waals surface area (Å²) in [6.07, 6.45) is 1.15. The van der Waals surface area contributed by atoms with Crippen LogP contribution in [0.2, 0.25) is 0 Å². The van der Waals surface area contributed by atoms with Gasteiger partial charge in [0, 0.05) is 32.0 Å². The maximum atomic E-state index is 12.6. The largest absolute Gasteiger partial charge is 0.330 e. The van der Waals surface area contributed by atoms with E-state index in [9.17, 15) is 14.4 Å². The van der Waals surface area contributed by atoms with Crippen LogP contribution in [0.25, 0.3) is 11.0 Å². The molecule has 0 aliphatic carbocycles. The van der Waals surface area contributed by atoms with E-state index in [1.165, 1.54) is 9.13 Å². The summed E-state index contributed by atoms with van der Waals surface area (Å²) >= 11 is 0. The van der Waals surface area contributed by atoms with Crippen molar-refractivity contribution in [2.75, 3.05) is 6.54 Å². The summed E-state index contributed by atoms with van der Waals surface area (Å²) in [6.45, 7) is 0.500. The summed E-state index contributed by atoms with van der Waals surface area (Å²) in [7, 11) is 1.66. The smallest absolute Gasteiger partial charge is 0.329 e. The van der Waals surface area contributed by atoms with E-state index < -0.39 is 11.9 Å². The van der Waals surface area contributed by atoms with Crippen LogP contribution in [0, 0.1) is 11.8 Å². The van der Waals surface area contributed by atoms with E-state index in [0.717, 1.165) is 5.56 Å².